The molecule has 7 heteroatoms. The van der Waals surface area contributed by atoms with Gasteiger partial charge in [-0.15, -0.1) is 0 Å². The van der Waals surface area contributed by atoms with Crippen LogP contribution in [0.25, 0.3) is 0 Å². The van der Waals surface area contributed by atoms with Gasteiger partial charge in [0.05, 0.1) is 19.6 Å². The van der Waals surface area contributed by atoms with Crippen molar-refractivity contribution in [3.8, 4) is 0 Å². The molecule has 15 heavy (non-hydrogen) atoms. The first kappa shape index (κ1) is 11.6. The molecule has 1 aliphatic rings. The Balaban J connectivity index is 2.23. The highest BCUT2D eigenvalue weighted by Gasteiger charge is 2.24. The van der Waals surface area contributed by atoms with Crippen molar-refractivity contribution in [1.29, 1.82) is 0 Å². The number of nitrogens with zero attached hydrogens (tertiary/aromatic N) is 1. The Morgan fingerprint density at radius 2 is 2.00 bits per heavy atom. The third-order valence-electron chi connectivity index (χ3n) is 1.77. The van der Waals surface area contributed by atoms with Crippen molar-refractivity contribution in [2.45, 2.75) is 0 Å². The number of hydrogen-bond acceptors (Lipinski definition) is 7. The van der Waals surface area contributed by atoms with E-state index in [1.165, 1.54) is 4.90 Å². The Bertz CT molecular complexity index is 262. The summed E-state index contributed by atoms with van der Waals surface area (Å²) in [6.07, 6.45) is 0. The molecule has 84 valence electrons. The number of carbonyl (C=O) groups is 3. The van der Waals surface area contributed by atoms with Crippen molar-refractivity contribution in [3.63, 3.8) is 0 Å². The van der Waals surface area contributed by atoms with Crippen LogP contribution >= 0.6 is 0 Å². The van der Waals surface area contributed by atoms with Crippen LogP contribution in [0, 0.1) is 0 Å². The molecule has 0 aliphatic carbocycles. The fourth-order valence-electron chi connectivity index (χ4n) is 1.12. The minimum Gasteiger partial charge on any atom is -0.463 e. The molecule has 0 amide bonds. The van der Waals surface area contributed by atoms with Crippen molar-refractivity contribution < 1.29 is 23.9 Å². The zero-order valence-electron chi connectivity index (χ0n) is 8.10. The lowest BCUT2D eigenvalue weighted by molar-refractivity contribution is -0.167. The van der Waals surface area contributed by atoms with E-state index in [0.717, 1.165) is 0 Å². The summed E-state index contributed by atoms with van der Waals surface area (Å²) in [5.41, 5.74) is 5.02. The largest absolute Gasteiger partial charge is 0.463 e. The van der Waals surface area contributed by atoms with E-state index in [2.05, 4.69) is 4.74 Å². The van der Waals surface area contributed by atoms with E-state index in [1.54, 1.807) is 0 Å². The van der Waals surface area contributed by atoms with Gasteiger partial charge >= 0.3 is 17.9 Å². The molecule has 0 spiro atoms. The topological polar surface area (TPSA) is 98.9 Å². The summed E-state index contributed by atoms with van der Waals surface area (Å²) in [5, 5.41) is 0. The number of carbonyl (C=O) groups excluding carboxylic acids is 3. The second kappa shape index (κ2) is 5.42. The monoisotopic (exact) mass is 216 g/mol. The van der Waals surface area contributed by atoms with Gasteiger partial charge in [0.1, 0.15) is 6.61 Å². The molecule has 1 rings (SSSR count). The highest BCUT2D eigenvalue weighted by Crippen LogP contribution is 1.99. The lowest BCUT2D eigenvalue weighted by Crippen LogP contribution is -2.44. The number of ether oxygens (including phenoxy) is 2. The Hall–Kier alpha value is -1.47. The van der Waals surface area contributed by atoms with E-state index in [9.17, 15) is 14.4 Å². The Labute approximate surface area is 86.1 Å². The highest BCUT2D eigenvalue weighted by atomic mass is 16.6. The normalized spacial score (nSPS) is 17.4. The zero-order chi connectivity index (χ0) is 11.3. The van der Waals surface area contributed by atoms with Crippen LogP contribution in [0.15, 0.2) is 0 Å². The summed E-state index contributed by atoms with van der Waals surface area (Å²) >= 11 is 0. The minimum absolute atomic E-state index is 0.0336. The van der Waals surface area contributed by atoms with Gasteiger partial charge in [0.15, 0.2) is 0 Å². The molecule has 1 heterocycles. The minimum atomic E-state index is -0.587. The summed E-state index contributed by atoms with van der Waals surface area (Å²) in [6, 6.07) is 0. The van der Waals surface area contributed by atoms with Crippen LogP contribution in [-0.4, -0.2) is 55.6 Å². The van der Waals surface area contributed by atoms with Crippen LogP contribution in [0.1, 0.15) is 0 Å². The molecular formula is C8H12N2O5. The summed E-state index contributed by atoms with van der Waals surface area (Å²) in [7, 11) is 0. The molecule has 1 aliphatic heterocycles. The lowest BCUT2D eigenvalue weighted by atomic mass is 10.4. The predicted octanol–water partition coefficient (Wildman–Crippen LogP) is -2.13. The zero-order valence-corrected chi connectivity index (χ0v) is 8.10. The van der Waals surface area contributed by atoms with Crippen molar-refractivity contribution in [3.05, 3.63) is 0 Å². The quantitative estimate of drug-likeness (QED) is 0.423. The number of cyclic esters (lactones) is 2. The van der Waals surface area contributed by atoms with Crippen LogP contribution < -0.4 is 5.73 Å². The summed E-state index contributed by atoms with van der Waals surface area (Å²) < 4.78 is 9.01. The summed E-state index contributed by atoms with van der Waals surface area (Å²) in [5.74, 6) is -1.69. The SMILES string of the molecule is NCC(=O)OCCN1CC(=O)OC(=O)C1. The molecule has 0 aromatic rings. The van der Waals surface area contributed by atoms with E-state index < -0.39 is 17.9 Å². The molecule has 1 fully saturated rings. The Kier molecular flexibility index (Phi) is 4.19. The number of esters is 3. The molecule has 0 bridgehead atoms. The van der Waals surface area contributed by atoms with Crippen molar-refractivity contribution in [1.82, 2.24) is 4.90 Å². The molecular weight excluding hydrogens is 204 g/mol. The summed E-state index contributed by atoms with van der Waals surface area (Å²) in [6.45, 7) is 0.308. The van der Waals surface area contributed by atoms with Gasteiger partial charge in [-0.3, -0.25) is 19.3 Å². The molecule has 0 aromatic heterocycles. The Morgan fingerprint density at radius 1 is 1.40 bits per heavy atom. The van der Waals surface area contributed by atoms with Crippen molar-refractivity contribution >= 4 is 17.9 Å². The smallest absolute Gasteiger partial charge is 0.327 e. The van der Waals surface area contributed by atoms with Crippen LogP contribution in [-0.2, 0) is 23.9 Å². The van der Waals surface area contributed by atoms with E-state index in [0.29, 0.717) is 6.54 Å². The number of morpholine rings is 1. The molecule has 1 saturated heterocycles. The van der Waals surface area contributed by atoms with Gasteiger partial charge in [-0.2, -0.15) is 0 Å². The van der Waals surface area contributed by atoms with E-state index in [1.807, 2.05) is 0 Å². The second-order valence-corrected chi connectivity index (χ2v) is 2.98. The maximum absolute atomic E-state index is 10.8. The molecule has 0 radical (unpaired) electrons. The van der Waals surface area contributed by atoms with E-state index in [4.69, 9.17) is 10.5 Å². The first-order valence-corrected chi connectivity index (χ1v) is 4.43. The first-order chi connectivity index (χ1) is 7.11. The standard InChI is InChI=1S/C8H12N2O5/c9-3-6(11)14-2-1-10-4-7(12)15-8(13)5-10/h1-5,9H2. The second-order valence-electron chi connectivity index (χ2n) is 2.98. The van der Waals surface area contributed by atoms with Gasteiger partial charge in [-0.1, -0.05) is 0 Å². The fraction of sp³-hybridized carbons (Fsp3) is 0.625. The van der Waals surface area contributed by atoms with Gasteiger partial charge in [-0.25, -0.2) is 0 Å². The molecule has 0 atom stereocenters. The van der Waals surface area contributed by atoms with Gasteiger partial charge in [0.2, 0.25) is 0 Å². The van der Waals surface area contributed by atoms with Gasteiger partial charge in [0, 0.05) is 6.54 Å². The average molecular weight is 216 g/mol. The Morgan fingerprint density at radius 3 is 2.53 bits per heavy atom. The fourth-order valence-corrected chi connectivity index (χ4v) is 1.12. The van der Waals surface area contributed by atoms with Crippen molar-refractivity contribution in [2.75, 3.05) is 32.8 Å². The summed E-state index contributed by atoms with van der Waals surface area (Å²) in [4.78, 5) is 33.8. The third kappa shape index (κ3) is 4.05. The average Bonchev–Trinajstić information content (AvgIpc) is 2.16. The maximum Gasteiger partial charge on any atom is 0.327 e. The predicted molar refractivity (Wildman–Crippen MR) is 47.6 cm³/mol. The van der Waals surface area contributed by atoms with Gasteiger partial charge < -0.3 is 15.2 Å². The first-order valence-electron chi connectivity index (χ1n) is 4.43. The maximum atomic E-state index is 10.8. The third-order valence-corrected chi connectivity index (χ3v) is 1.77. The molecule has 7 nitrogen and oxygen atoms in total. The van der Waals surface area contributed by atoms with Crippen LogP contribution in [0.2, 0.25) is 0 Å². The molecule has 2 N–H and O–H groups in total. The van der Waals surface area contributed by atoms with Gasteiger partial charge in [-0.05, 0) is 0 Å². The van der Waals surface area contributed by atoms with Gasteiger partial charge in [0.25, 0.3) is 0 Å². The van der Waals surface area contributed by atoms with Crippen molar-refractivity contribution in [2.24, 2.45) is 5.73 Å². The molecule has 0 unspecified atom stereocenters. The lowest BCUT2D eigenvalue weighted by Gasteiger charge is -2.23. The van der Waals surface area contributed by atoms with E-state index in [-0.39, 0.29) is 26.2 Å². The number of hydrogen-bond donors (Lipinski definition) is 1. The highest BCUT2D eigenvalue weighted by molar-refractivity contribution is 5.90. The molecule has 0 aromatic carbocycles. The van der Waals surface area contributed by atoms with E-state index >= 15 is 0 Å². The number of nitrogens with two attached hydrogens (primary N) is 1. The number of rotatable bonds is 4. The van der Waals surface area contributed by atoms with Crippen LogP contribution in [0.5, 0.6) is 0 Å². The van der Waals surface area contributed by atoms with Crippen LogP contribution in [0.4, 0.5) is 0 Å². The molecule has 0 saturated carbocycles. The van der Waals surface area contributed by atoms with Crippen LogP contribution in [0.3, 0.4) is 0 Å².